The second-order valence-electron chi connectivity index (χ2n) is 7.98. The third-order valence-electron chi connectivity index (χ3n) is 5.47. The van der Waals surface area contributed by atoms with Gasteiger partial charge in [-0.15, -0.1) is 0 Å². The molecule has 0 aliphatic carbocycles. The Bertz CT molecular complexity index is 689. The third kappa shape index (κ3) is 7.44. The maximum atomic E-state index is 12.8. The van der Waals surface area contributed by atoms with Crippen LogP contribution in [0.2, 0.25) is 0 Å². The molecule has 1 aromatic rings. The van der Waals surface area contributed by atoms with Crippen LogP contribution in [0.25, 0.3) is 0 Å². The highest BCUT2D eigenvalue weighted by Crippen LogP contribution is 2.21. The van der Waals surface area contributed by atoms with Crippen LogP contribution in [0, 0.1) is 5.92 Å². The minimum atomic E-state index is -0.512. The minimum absolute atomic E-state index is 0.0160. The second kappa shape index (κ2) is 13.0. The summed E-state index contributed by atoms with van der Waals surface area (Å²) in [6.45, 7) is 5.78. The van der Waals surface area contributed by atoms with Crippen molar-refractivity contribution in [1.82, 2.24) is 15.5 Å². The number of carbonyl (C=O) groups is 3. The van der Waals surface area contributed by atoms with E-state index in [2.05, 4.69) is 22.9 Å². The summed E-state index contributed by atoms with van der Waals surface area (Å²) in [5.41, 5.74) is 1.31. The number of hydrogen-bond acceptors (Lipinski definition) is 5. The Morgan fingerprint density at radius 3 is 2.73 bits per heavy atom. The summed E-state index contributed by atoms with van der Waals surface area (Å²) in [6, 6.07) is 6.70. The molecule has 1 aromatic carbocycles. The van der Waals surface area contributed by atoms with Crippen molar-refractivity contribution in [3.63, 3.8) is 0 Å². The van der Waals surface area contributed by atoms with Crippen LogP contribution in [0.3, 0.4) is 0 Å². The van der Waals surface area contributed by atoms with Crippen molar-refractivity contribution in [3.8, 4) is 0 Å². The zero-order valence-electron chi connectivity index (χ0n) is 18.3. The first-order valence-electron chi connectivity index (χ1n) is 11.1. The van der Waals surface area contributed by atoms with Crippen LogP contribution in [0.5, 0.6) is 0 Å². The highest BCUT2D eigenvalue weighted by atomic mass is 16.2. The average molecular weight is 417 g/mol. The zero-order valence-corrected chi connectivity index (χ0v) is 18.3. The molecule has 0 radical (unpaired) electrons. The molecule has 1 heterocycles. The predicted molar refractivity (Wildman–Crippen MR) is 120 cm³/mol. The molecule has 7 heteroatoms. The summed E-state index contributed by atoms with van der Waals surface area (Å²) in [7, 11) is 1.57. The normalized spacial score (nSPS) is 14.7. The Balaban J connectivity index is 1.80. The van der Waals surface area contributed by atoms with Crippen molar-refractivity contribution in [1.29, 1.82) is 0 Å². The van der Waals surface area contributed by atoms with E-state index >= 15 is 0 Å². The number of nitrogens with one attached hydrogen (secondary N) is 3. The number of anilines is 1. The third-order valence-corrected chi connectivity index (χ3v) is 5.47. The number of hydrogen-bond donors (Lipinski definition) is 3. The lowest BCUT2D eigenvalue weighted by atomic mass is 9.98. The van der Waals surface area contributed by atoms with Gasteiger partial charge in [0.25, 0.3) is 5.91 Å². The van der Waals surface area contributed by atoms with Crippen LogP contribution < -0.4 is 16.0 Å². The van der Waals surface area contributed by atoms with Gasteiger partial charge in [-0.25, -0.2) is 0 Å². The van der Waals surface area contributed by atoms with Gasteiger partial charge >= 0.3 is 0 Å². The number of rotatable bonds is 14. The number of aldehydes is 1. The molecule has 30 heavy (non-hydrogen) atoms. The van der Waals surface area contributed by atoms with Crippen molar-refractivity contribution in [2.24, 2.45) is 5.92 Å². The van der Waals surface area contributed by atoms with Gasteiger partial charge in [-0.3, -0.25) is 9.59 Å². The van der Waals surface area contributed by atoms with Crippen molar-refractivity contribution in [2.45, 2.75) is 51.5 Å². The van der Waals surface area contributed by atoms with E-state index in [-0.39, 0.29) is 11.8 Å². The van der Waals surface area contributed by atoms with Crippen molar-refractivity contribution in [3.05, 3.63) is 29.8 Å². The SMILES string of the molecule is CCCCCCNCC1CN(C(=O)c2cccc(NC(CCC=O)C(=O)NC)c2)C1. The van der Waals surface area contributed by atoms with Crippen LogP contribution in [0.15, 0.2) is 24.3 Å². The molecule has 0 aromatic heterocycles. The van der Waals surface area contributed by atoms with Gasteiger partial charge in [0.05, 0.1) is 0 Å². The maximum Gasteiger partial charge on any atom is 0.253 e. The number of benzene rings is 1. The lowest BCUT2D eigenvalue weighted by Crippen LogP contribution is -2.53. The molecule has 2 rings (SSSR count). The predicted octanol–water partition coefficient (Wildman–Crippen LogP) is 2.43. The molecule has 1 saturated heterocycles. The highest BCUT2D eigenvalue weighted by Gasteiger charge is 2.30. The molecule has 0 spiro atoms. The molecule has 0 saturated carbocycles. The molecule has 1 aliphatic heterocycles. The number of likely N-dealkylation sites (tertiary alicyclic amines) is 1. The molecule has 1 aliphatic rings. The summed E-state index contributed by atoms with van der Waals surface area (Å²) in [4.78, 5) is 37.3. The van der Waals surface area contributed by atoms with Gasteiger partial charge in [-0.05, 0) is 37.6 Å². The smallest absolute Gasteiger partial charge is 0.253 e. The summed E-state index contributed by atoms with van der Waals surface area (Å²) in [5, 5.41) is 9.24. The molecular weight excluding hydrogens is 380 g/mol. The number of amides is 2. The van der Waals surface area contributed by atoms with Gasteiger partial charge in [0.1, 0.15) is 12.3 Å². The lowest BCUT2D eigenvalue weighted by molar-refractivity contribution is -0.121. The number of likely N-dealkylation sites (N-methyl/N-ethyl adjacent to an activating group) is 1. The van der Waals surface area contributed by atoms with E-state index < -0.39 is 6.04 Å². The van der Waals surface area contributed by atoms with E-state index in [0.717, 1.165) is 32.5 Å². The van der Waals surface area contributed by atoms with Crippen molar-refractivity contribution >= 4 is 23.8 Å². The fourth-order valence-corrected chi connectivity index (χ4v) is 3.65. The Hall–Kier alpha value is -2.41. The molecule has 3 N–H and O–H groups in total. The average Bonchev–Trinajstić information content (AvgIpc) is 2.74. The lowest BCUT2D eigenvalue weighted by Gasteiger charge is -2.39. The summed E-state index contributed by atoms with van der Waals surface area (Å²) < 4.78 is 0. The summed E-state index contributed by atoms with van der Waals surface area (Å²) in [6.07, 6.45) is 6.54. The van der Waals surface area contributed by atoms with E-state index in [4.69, 9.17) is 0 Å². The van der Waals surface area contributed by atoms with Gasteiger partial charge in [-0.1, -0.05) is 32.3 Å². The van der Waals surface area contributed by atoms with Crippen LogP contribution in [-0.4, -0.2) is 62.3 Å². The molecule has 1 fully saturated rings. The van der Waals surface area contributed by atoms with E-state index in [0.29, 0.717) is 30.0 Å². The van der Waals surface area contributed by atoms with Crippen molar-refractivity contribution in [2.75, 3.05) is 38.5 Å². The molecule has 1 unspecified atom stereocenters. The first-order chi connectivity index (χ1) is 14.6. The Labute approximate surface area is 180 Å². The Kier molecular flexibility index (Phi) is 10.3. The first kappa shape index (κ1) is 23.9. The Morgan fingerprint density at radius 1 is 1.23 bits per heavy atom. The summed E-state index contributed by atoms with van der Waals surface area (Å²) in [5.74, 6) is 0.353. The van der Waals surface area contributed by atoms with Crippen molar-refractivity contribution < 1.29 is 14.4 Å². The van der Waals surface area contributed by atoms with Crippen LogP contribution in [-0.2, 0) is 9.59 Å². The van der Waals surface area contributed by atoms with Gasteiger partial charge < -0.3 is 25.6 Å². The Morgan fingerprint density at radius 2 is 2.03 bits per heavy atom. The molecular formula is C23H36N4O3. The maximum absolute atomic E-state index is 12.8. The molecule has 7 nitrogen and oxygen atoms in total. The largest absolute Gasteiger partial charge is 0.374 e. The topological polar surface area (TPSA) is 90.5 Å². The van der Waals surface area contributed by atoms with E-state index in [1.165, 1.54) is 25.7 Å². The molecule has 1 atom stereocenters. The highest BCUT2D eigenvalue weighted by molar-refractivity contribution is 5.96. The standard InChI is InChI=1S/C23H36N4O3/c1-3-4-5-6-12-25-15-18-16-27(17-18)23(30)19-9-7-10-20(14-19)26-21(11-8-13-28)22(29)24-2/h7,9-10,13-14,18,21,25-26H,3-6,8,11-12,15-17H2,1-2H3,(H,24,29). The minimum Gasteiger partial charge on any atom is -0.374 e. The number of carbonyl (C=O) groups excluding carboxylic acids is 3. The summed E-state index contributed by atoms with van der Waals surface area (Å²) >= 11 is 0. The monoisotopic (exact) mass is 416 g/mol. The van der Waals surface area contributed by atoms with Crippen LogP contribution in [0.1, 0.15) is 55.8 Å². The second-order valence-corrected chi connectivity index (χ2v) is 7.98. The number of nitrogens with zero attached hydrogens (tertiary/aromatic N) is 1. The fraction of sp³-hybridized carbons (Fsp3) is 0.609. The van der Waals surface area contributed by atoms with E-state index in [1.54, 1.807) is 19.2 Å². The van der Waals surface area contributed by atoms with Crippen LogP contribution in [0.4, 0.5) is 5.69 Å². The molecule has 166 valence electrons. The molecule has 0 bridgehead atoms. The quantitative estimate of drug-likeness (QED) is 0.320. The van der Waals surface area contributed by atoms with E-state index in [9.17, 15) is 14.4 Å². The fourth-order valence-electron chi connectivity index (χ4n) is 3.65. The van der Waals surface area contributed by atoms with E-state index in [1.807, 2.05) is 17.0 Å². The zero-order chi connectivity index (χ0) is 21.8. The van der Waals surface area contributed by atoms with Gasteiger partial charge in [0.2, 0.25) is 5.91 Å². The van der Waals surface area contributed by atoms with Gasteiger partial charge in [0.15, 0.2) is 0 Å². The van der Waals surface area contributed by atoms with Crippen LogP contribution >= 0.6 is 0 Å². The van der Waals surface area contributed by atoms with Gasteiger partial charge in [-0.2, -0.15) is 0 Å². The van der Waals surface area contributed by atoms with Gasteiger partial charge in [0, 0.05) is 50.3 Å². The number of unbranched alkanes of at least 4 members (excludes halogenated alkanes) is 3. The molecule has 2 amide bonds. The first-order valence-corrected chi connectivity index (χ1v) is 11.1.